The highest BCUT2D eigenvalue weighted by molar-refractivity contribution is 5.92. The molecule has 0 atom stereocenters. The van der Waals surface area contributed by atoms with Gasteiger partial charge in [0.15, 0.2) is 0 Å². The lowest BCUT2D eigenvalue weighted by atomic mass is 10.0. The molecule has 0 saturated heterocycles. The third-order valence-corrected chi connectivity index (χ3v) is 4.56. The molecular formula is C21H20F4N4O. The van der Waals surface area contributed by atoms with E-state index >= 15 is 0 Å². The molecule has 0 aliphatic rings. The molecule has 9 heteroatoms. The molecule has 0 unspecified atom stereocenters. The van der Waals surface area contributed by atoms with Gasteiger partial charge in [0.25, 0.3) is 5.91 Å². The quantitative estimate of drug-likeness (QED) is 0.563. The molecule has 1 amide bonds. The van der Waals surface area contributed by atoms with Crippen molar-refractivity contribution in [3.05, 3.63) is 71.8 Å². The van der Waals surface area contributed by atoms with E-state index in [4.69, 9.17) is 0 Å². The summed E-state index contributed by atoms with van der Waals surface area (Å²) in [6, 6.07) is 6.12. The van der Waals surface area contributed by atoms with E-state index in [0.717, 1.165) is 12.3 Å². The van der Waals surface area contributed by atoms with Gasteiger partial charge in [-0.1, -0.05) is 12.1 Å². The van der Waals surface area contributed by atoms with Gasteiger partial charge in [-0.3, -0.25) is 9.78 Å². The van der Waals surface area contributed by atoms with E-state index in [1.54, 1.807) is 22.7 Å². The zero-order valence-corrected chi connectivity index (χ0v) is 16.6. The molecule has 0 N–H and O–H groups in total. The first-order chi connectivity index (χ1) is 14.1. The Bertz CT molecular complexity index is 1040. The summed E-state index contributed by atoms with van der Waals surface area (Å²) in [5.41, 5.74) is 0.205. The lowest BCUT2D eigenvalue weighted by molar-refractivity contribution is -0.141. The first-order valence-electron chi connectivity index (χ1n) is 9.17. The van der Waals surface area contributed by atoms with Crippen LogP contribution in [-0.2, 0) is 19.8 Å². The maximum atomic E-state index is 14.4. The van der Waals surface area contributed by atoms with Crippen LogP contribution >= 0.6 is 0 Å². The van der Waals surface area contributed by atoms with Gasteiger partial charge in [-0.05, 0) is 37.6 Å². The van der Waals surface area contributed by atoms with Gasteiger partial charge in [-0.25, -0.2) is 9.37 Å². The number of alkyl halides is 3. The normalized spacial score (nSPS) is 11.7. The highest BCUT2D eigenvalue weighted by atomic mass is 19.4. The topological polar surface area (TPSA) is 51.0 Å². The Labute approximate surface area is 171 Å². The van der Waals surface area contributed by atoms with E-state index < -0.39 is 17.7 Å². The second-order valence-electron chi connectivity index (χ2n) is 7.20. The predicted octanol–water partition coefficient (Wildman–Crippen LogP) is 4.69. The fourth-order valence-corrected chi connectivity index (χ4v) is 2.97. The molecule has 0 radical (unpaired) electrons. The molecular weight excluding hydrogens is 400 g/mol. The Balaban J connectivity index is 1.89. The maximum Gasteiger partial charge on any atom is 0.433 e. The molecule has 2 aromatic heterocycles. The minimum absolute atomic E-state index is 0.114. The highest BCUT2D eigenvalue weighted by Gasteiger charge is 2.32. The Kier molecular flexibility index (Phi) is 5.91. The molecule has 0 aliphatic heterocycles. The Morgan fingerprint density at radius 1 is 1.17 bits per heavy atom. The minimum Gasteiger partial charge on any atom is -0.340 e. The van der Waals surface area contributed by atoms with Crippen molar-refractivity contribution >= 4 is 5.91 Å². The number of aromatic nitrogens is 3. The van der Waals surface area contributed by atoms with Gasteiger partial charge in [-0.15, -0.1) is 0 Å². The fraction of sp³-hybridized carbons (Fsp3) is 0.286. The van der Waals surface area contributed by atoms with Crippen molar-refractivity contribution in [2.75, 3.05) is 0 Å². The van der Waals surface area contributed by atoms with Gasteiger partial charge in [-0.2, -0.15) is 13.2 Å². The zero-order chi connectivity index (χ0) is 22.1. The Morgan fingerprint density at radius 3 is 2.43 bits per heavy atom. The van der Waals surface area contributed by atoms with Crippen molar-refractivity contribution in [2.45, 2.75) is 32.6 Å². The number of benzene rings is 1. The summed E-state index contributed by atoms with van der Waals surface area (Å²) in [7, 11) is 1.76. The first-order valence-corrected chi connectivity index (χ1v) is 9.17. The lowest BCUT2D eigenvalue weighted by Crippen LogP contribution is -2.36. The van der Waals surface area contributed by atoms with Crippen molar-refractivity contribution in [2.24, 2.45) is 7.05 Å². The number of imidazole rings is 1. The average molecular weight is 420 g/mol. The van der Waals surface area contributed by atoms with Crippen molar-refractivity contribution < 1.29 is 22.4 Å². The van der Waals surface area contributed by atoms with Crippen molar-refractivity contribution in [1.82, 2.24) is 19.4 Å². The maximum absolute atomic E-state index is 14.4. The van der Waals surface area contributed by atoms with Crippen LogP contribution in [-0.4, -0.2) is 31.4 Å². The summed E-state index contributed by atoms with van der Waals surface area (Å²) in [5, 5.41) is 0. The molecule has 2 heterocycles. The molecule has 3 aromatic rings. The van der Waals surface area contributed by atoms with Crippen LogP contribution in [0.25, 0.3) is 11.1 Å². The molecule has 30 heavy (non-hydrogen) atoms. The number of carbonyl (C=O) groups is 1. The lowest BCUT2D eigenvalue weighted by Gasteiger charge is -2.26. The monoisotopic (exact) mass is 420 g/mol. The molecule has 158 valence electrons. The molecule has 3 rings (SSSR count). The van der Waals surface area contributed by atoms with Gasteiger partial charge >= 0.3 is 6.18 Å². The summed E-state index contributed by atoms with van der Waals surface area (Å²) in [6.45, 7) is 3.89. The second-order valence-corrected chi connectivity index (χ2v) is 7.20. The summed E-state index contributed by atoms with van der Waals surface area (Å²) < 4.78 is 54.2. The number of halogens is 4. The van der Waals surface area contributed by atoms with Crippen LogP contribution in [0.4, 0.5) is 17.6 Å². The fourth-order valence-electron chi connectivity index (χ4n) is 2.97. The molecule has 5 nitrogen and oxygen atoms in total. The third-order valence-electron chi connectivity index (χ3n) is 4.56. The van der Waals surface area contributed by atoms with Crippen LogP contribution in [0.5, 0.6) is 0 Å². The van der Waals surface area contributed by atoms with E-state index in [9.17, 15) is 22.4 Å². The van der Waals surface area contributed by atoms with E-state index in [1.807, 2.05) is 13.8 Å². The van der Waals surface area contributed by atoms with Gasteiger partial charge in [0.1, 0.15) is 17.2 Å². The summed E-state index contributed by atoms with van der Waals surface area (Å²) >= 11 is 0. The molecule has 1 aromatic carbocycles. The number of aryl methyl sites for hydroxylation is 1. The Morgan fingerprint density at radius 2 is 1.90 bits per heavy atom. The molecule has 0 fully saturated rings. The second kappa shape index (κ2) is 8.25. The van der Waals surface area contributed by atoms with E-state index in [1.165, 1.54) is 30.6 Å². The molecule has 0 spiro atoms. The SMILES string of the molecule is CC(C)N(Cc1ccc(F)c(-c2ccc(C(F)(F)F)nc2)c1)C(=O)c1cn(C)cn1. The van der Waals surface area contributed by atoms with Gasteiger partial charge in [0, 0.05) is 43.2 Å². The van der Waals surface area contributed by atoms with Crippen LogP contribution in [0, 0.1) is 5.82 Å². The van der Waals surface area contributed by atoms with E-state index in [0.29, 0.717) is 11.3 Å². The smallest absolute Gasteiger partial charge is 0.340 e. The van der Waals surface area contributed by atoms with Crippen LogP contribution in [0.1, 0.15) is 35.6 Å². The number of hydrogen-bond donors (Lipinski definition) is 0. The van der Waals surface area contributed by atoms with Crippen molar-refractivity contribution in [3.8, 4) is 11.1 Å². The zero-order valence-electron chi connectivity index (χ0n) is 16.6. The summed E-state index contributed by atoms with van der Waals surface area (Å²) in [5.74, 6) is -0.861. The number of carbonyl (C=O) groups excluding carboxylic acids is 1. The summed E-state index contributed by atoms with van der Waals surface area (Å²) in [6.07, 6.45) is -0.437. The van der Waals surface area contributed by atoms with Gasteiger partial charge < -0.3 is 9.47 Å². The van der Waals surface area contributed by atoms with Crippen molar-refractivity contribution in [1.29, 1.82) is 0 Å². The molecule has 0 saturated carbocycles. The average Bonchev–Trinajstić information content (AvgIpc) is 3.12. The third kappa shape index (κ3) is 4.67. The highest BCUT2D eigenvalue weighted by Crippen LogP contribution is 2.30. The van der Waals surface area contributed by atoms with Gasteiger partial charge in [0.2, 0.25) is 0 Å². The largest absolute Gasteiger partial charge is 0.433 e. The number of amides is 1. The van der Waals surface area contributed by atoms with Crippen LogP contribution in [0.2, 0.25) is 0 Å². The number of rotatable bonds is 5. The van der Waals surface area contributed by atoms with E-state index in [-0.39, 0.29) is 29.6 Å². The van der Waals surface area contributed by atoms with Gasteiger partial charge in [0.05, 0.1) is 6.33 Å². The van der Waals surface area contributed by atoms with Crippen molar-refractivity contribution in [3.63, 3.8) is 0 Å². The van der Waals surface area contributed by atoms with Crippen LogP contribution < -0.4 is 0 Å². The minimum atomic E-state index is -4.57. The first kappa shape index (κ1) is 21.5. The number of pyridine rings is 1. The molecule has 0 aliphatic carbocycles. The van der Waals surface area contributed by atoms with Crippen LogP contribution in [0.3, 0.4) is 0 Å². The standard InChI is InChI=1S/C21H20F4N4O/c1-13(2)29(20(30)18-11-28(3)12-27-18)10-14-4-6-17(22)16(8-14)15-5-7-19(26-9-15)21(23,24)25/h4-9,11-13H,10H2,1-3H3. The van der Waals surface area contributed by atoms with E-state index in [2.05, 4.69) is 9.97 Å². The Hall–Kier alpha value is -3.23. The summed E-state index contributed by atoms with van der Waals surface area (Å²) in [4.78, 5) is 21.9. The number of hydrogen-bond acceptors (Lipinski definition) is 3. The molecule has 0 bridgehead atoms. The van der Waals surface area contributed by atoms with Crippen LogP contribution in [0.15, 0.2) is 49.1 Å². The predicted molar refractivity (Wildman–Crippen MR) is 103 cm³/mol. The number of nitrogens with zero attached hydrogens (tertiary/aromatic N) is 4.